The highest BCUT2D eigenvalue weighted by atomic mass is 16.5. The van der Waals surface area contributed by atoms with Gasteiger partial charge in [-0.1, -0.05) is 25.0 Å². The first-order chi connectivity index (χ1) is 16.4. The second-order valence-electron chi connectivity index (χ2n) is 8.71. The molecule has 2 fully saturated rings. The van der Waals surface area contributed by atoms with E-state index in [1.54, 1.807) is 48.2 Å². The molecule has 2 aliphatic rings. The van der Waals surface area contributed by atoms with Gasteiger partial charge in [-0.05, 0) is 68.7 Å². The first-order valence-electron chi connectivity index (χ1n) is 11.7. The van der Waals surface area contributed by atoms with Crippen molar-refractivity contribution in [2.45, 2.75) is 58.0 Å². The molecule has 4 rings (SSSR count). The molecule has 0 bridgehead atoms. The Bertz CT molecular complexity index is 1090. The summed E-state index contributed by atoms with van der Waals surface area (Å²) < 4.78 is 4.97. The van der Waals surface area contributed by atoms with E-state index in [1.807, 2.05) is 19.1 Å². The summed E-state index contributed by atoms with van der Waals surface area (Å²) in [6, 6.07) is 12.4. The molecule has 0 aromatic heterocycles. The lowest BCUT2D eigenvalue weighted by atomic mass is 10.1. The maximum atomic E-state index is 13.4. The Labute approximate surface area is 198 Å². The molecular formula is C26H29N3O5. The minimum absolute atomic E-state index is 0.0482. The number of carbonyl (C=O) groups is 4. The van der Waals surface area contributed by atoms with Gasteiger partial charge < -0.3 is 15.0 Å². The van der Waals surface area contributed by atoms with Crippen molar-refractivity contribution in [3.05, 3.63) is 59.7 Å². The highest BCUT2D eigenvalue weighted by Crippen LogP contribution is 2.34. The Kier molecular flexibility index (Phi) is 6.95. The van der Waals surface area contributed by atoms with Crippen molar-refractivity contribution >= 4 is 35.2 Å². The molecular weight excluding hydrogens is 434 g/mol. The van der Waals surface area contributed by atoms with Gasteiger partial charge in [-0.15, -0.1) is 0 Å². The van der Waals surface area contributed by atoms with Gasteiger partial charge in [0.05, 0.1) is 24.3 Å². The number of anilines is 2. The Morgan fingerprint density at radius 3 is 2.41 bits per heavy atom. The zero-order valence-electron chi connectivity index (χ0n) is 19.5. The zero-order valence-corrected chi connectivity index (χ0v) is 19.5. The van der Waals surface area contributed by atoms with Gasteiger partial charge in [-0.2, -0.15) is 0 Å². The summed E-state index contributed by atoms with van der Waals surface area (Å²) in [6.45, 7) is 3.92. The number of amides is 4. The summed E-state index contributed by atoms with van der Waals surface area (Å²) in [5, 5.41) is 2.78. The summed E-state index contributed by atoms with van der Waals surface area (Å²) in [5.41, 5.74) is 2.35. The number of hydrogen-bond donors (Lipinski definition) is 1. The van der Waals surface area contributed by atoms with E-state index in [9.17, 15) is 19.2 Å². The van der Waals surface area contributed by atoms with E-state index in [2.05, 4.69) is 5.32 Å². The Balaban J connectivity index is 1.51. The molecule has 1 N–H and O–H groups in total. The number of nitrogens with zero attached hydrogens (tertiary/aromatic N) is 2. The lowest BCUT2D eigenvalue weighted by molar-refractivity contribution is -0.124. The van der Waals surface area contributed by atoms with Gasteiger partial charge in [0.2, 0.25) is 5.91 Å². The van der Waals surface area contributed by atoms with Crippen molar-refractivity contribution < 1.29 is 23.9 Å². The van der Waals surface area contributed by atoms with Crippen molar-refractivity contribution in [2.75, 3.05) is 16.8 Å². The molecule has 8 nitrogen and oxygen atoms in total. The van der Waals surface area contributed by atoms with Crippen molar-refractivity contribution in [3.8, 4) is 0 Å². The van der Waals surface area contributed by atoms with Crippen molar-refractivity contribution in [1.82, 2.24) is 4.90 Å². The van der Waals surface area contributed by atoms with Crippen molar-refractivity contribution in [1.29, 1.82) is 0 Å². The SMILES string of the molecule is CCOC(=O)c1ccc(NC(=O)C[C@@H]2C(=O)N(c3cccc(C)c3)C(=O)N2C2CCCC2)cc1. The fourth-order valence-corrected chi connectivity index (χ4v) is 4.69. The van der Waals surface area contributed by atoms with Crippen molar-refractivity contribution in [2.24, 2.45) is 0 Å². The molecule has 1 heterocycles. The average Bonchev–Trinajstić information content (AvgIpc) is 3.41. The highest BCUT2D eigenvalue weighted by Gasteiger charge is 2.49. The average molecular weight is 464 g/mol. The lowest BCUT2D eigenvalue weighted by Gasteiger charge is -2.27. The summed E-state index contributed by atoms with van der Waals surface area (Å²) in [6.07, 6.45) is 3.52. The number of imide groups is 1. The maximum Gasteiger partial charge on any atom is 0.338 e. The normalized spacial score (nSPS) is 18.5. The second kappa shape index (κ2) is 10.1. The molecule has 0 spiro atoms. The van der Waals surface area contributed by atoms with Crippen LogP contribution in [0, 0.1) is 6.92 Å². The number of esters is 1. The number of carbonyl (C=O) groups excluding carboxylic acids is 4. The van der Waals surface area contributed by atoms with Crippen LogP contribution >= 0.6 is 0 Å². The van der Waals surface area contributed by atoms with Crippen LogP contribution in [0.1, 0.15) is 54.9 Å². The van der Waals surface area contributed by atoms with E-state index < -0.39 is 12.0 Å². The van der Waals surface area contributed by atoms with Gasteiger partial charge in [-0.25, -0.2) is 14.5 Å². The fourth-order valence-electron chi connectivity index (χ4n) is 4.69. The first-order valence-corrected chi connectivity index (χ1v) is 11.7. The Morgan fingerprint density at radius 1 is 1.06 bits per heavy atom. The minimum atomic E-state index is -0.852. The van der Waals surface area contributed by atoms with Crippen LogP contribution in [-0.2, 0) is 14.3 Å². The number of benzene rings is 2. The number of urea groups is 1. The first kappa shape index (κ1) is 23.5. The lowest BCUT2D eigenvalue weighted by Crippen LogP contribution is -2.43. The van der Waals surface area contributed by atoms with Crippen LogP contribution in [0.15, 0.2) is 48.5 Å². The molecule has 2 aromatic carbocycles. The van der Waals surface area contributed by atoms with Crippen LogP contribution < -0.4 is 10.2 Å². The van der Waals surface area contributed by atoms with Crippen LogP contribution in [0.5, 0.6) is 0 Å². The number of hydrogen-bond acceptors (Lipinski definition) is 5. The predicted molar refractivity (Wildman–Crippen MR) is 128 cm³/mol. The molecule has 1 aliphatic heterocycles. The van der Waals surface area contributed by atoms with Gasteiger partial charge >= 0.3 is 12.0 Å². The van der Waals surface area contributed by atoms with E-state index >= 15 is 0 Å². The third-order valence-corrected chi connectivity index (χ3v) is 6.29. The van der Waals surface area contributed by atoms with Gasteiger partial charge in [0.15, 0.2) is 0 Å². The van der Waals surface area contributed by atoms with Gasteiger partial charge in [-0.3, -0.25) is 9.59 Å². The van der Waals surface area contributed by atoms with E-state index in [4.69, 9.17) is 4.74 Å². The molecule has 8 heteroatoms. The number of ether oxygens (including phenoxy) is 1. The minimum Gasteiger partial charge on any atom is -0.462 e. The molecule has 0 unspecified atom stereocenters. The summed E-state index contributed by atoms with van der Waals surface area (Å²) in [4.78, 5) is 54.3. The number of aryl methyl sites for hydroxylation is 1. The molecule has 2 aromatic rings. The van der Waals surface area contributed by atoms with Crippen LogP contribution in [0.25, 0.3) is 0 Å². The fraction of sp³-hybridized carbons (Fsp3) is 0.385. The van der Waals surface area contributed by atoms with Gasteiger partial charge in [0.25, 0.3) is 5.91 Å². The van der Waals surface area contributed by atoms with Crippen molar-refractivity contribution in [3.63, 3.8) is 0 Å². The van der Waals surface area contributed by atoms with E-state index in [0.717, 1.165) is 31.2 Å². The molecule has 1 saturated carbocycles. The van der Waals surface area contributed by atoms with E-state index in [-0.39, 0.29) is 36.9 Å². The third-order valence-electron chi connectivity index (χ3n) is 6.29. The second-order valence-corrected chi connectivity index (χ2v) is 8.71. The number of nitrogens with one attached hydrogen (secondary N) is 1. The monoisotopic (exact) mass is 463 g/mol. The Hall–Kier alpha value is -3.68. The van der Waals surface area contributed by atoms with E-state index in [0.29, 0.717) is 16.9 Å². The summed E-state index contributed by atoms with van der Waals surface area (Å²) in [7, 11) is 0. The largest absolute Gasteiger partial charge is 0.462 e. The van der Waals surface area contributed by atoms with Crippen LogP contribution in [0.4, 0.5) is 16.2 Å². The highest BCUT2D eigenvalue weighted by molar-refractivity contribution is 6.22. The summed E-state index contributed by atoms with van der Waals surface area (Å²) in [5.74, 6) is -1.18. The van der Waals surface area contributed by atoms with Crippen LogP contribution in [-0.4, -0.2) is 47.4 Å². The molecule has 4 amide bonds. The maximum absolute atomic E-state index is 13.4. The molecule has 34 heavy (non-hydrogen) atoms. The third kappa shape index (κ3) is 4.81. The Morgan fingerprint density at radius 2 is 1.76 bits per heavy atom. The zero-order chi connectivity index (χ0) is 24.2. The quantitative estimate of drug-likeness (QED) is 0.488. The predicted octanol–water partition coefficient (Wildman–Crippen LogP) is 4.28. The smallest absolute Gasteiger partial charge is 0.338 e. The van der Waals surface area contributed by atoms with Crippen LogP contribution in [0.2, 0.25) is 0 Å². The molecule has 1 aliphatic carbocycles. The standard InChI is InChI=1S/C26H29N3O5/c1-3-34-25(32)18-11-13-19(14-12-18)27-23(30)16-22-24(31)29(21-10-6-7-17(2)15-21)26(33)28(22)20-8-4-5-9-20/h6-7,10-15,20,22H,3-5,8-9,16H2,1-2H3,(H,27,30)/t22-/m1/s1. The molecule has 178 valence electrons. The summed E-state index contributed by atoms with van der Waals surface area (Å²) >= 11 is 0. The topological polar surface area (TPSA) is 96.0 Å². The molecule has 0 radical (unpaired) electrons. The number of rotatable bonds is 7. The van der Waals surface area contributed by atoms with E-state index in [1.165, 1.54) is 4.90 Å². The molecule has 1 atom stereocenters. The van der Waals surface area contributed by atoms with Gasteiger partial charge in [0.1, 0.15) is 6.04 Å². The van der Waals surface area contributed by atoms with Crippen LogP contribution in [0.3, 0.4) is 0 Å². The molecule has 1 saturated heterocycles. The van der Waals surface area contributed by atoms with Gasteiger partial charge in [0, 0.05) is 11.7 Å².